The van der Waals surface area contributed by atoms with E-state index >= 15 is 0 Å². The van der Waals surface area contributed by atoms with E-state index in [2.05, 4.69) is 0 Å². The molecule has 1 rings (SSSR count). The van der Waals surface area contributed by atoms with E-state index in [0.717, 1.165) is 18.4 Å². The highest BCUT2D eigenvalue weighted by Crippen LogP contribution is 2.29. The lowest BCUT2D eigenvalue weighted by Crippen LogP contribution is -2.12. The topological polar surface area (TPSA) is 54.4 Å². The highest BCUT2D eigenvalue weighted by Gasteiger charge is 2.19. The van der Waals surface area contributed by atoms with Crippen molar-refractivity contribution in [2.45, 2.75) is 46.5 Å². The number of carbonyl (C=O) groups is 2. The summed E-state index contributed by atoms with van der Waals surface area (Å²) in [5, 5.41) is 8.87. The third-order valence-electron chi connectivity index (χ3n) is 3.33. The van der Waals surface area contributed by atoms with E-state index in [0.29, 0.717) is 30.3 Å². The fraction of sp³-hybridized carbons (Fsp3) is 0.600. The van der Waals surface area contributed by atoms with E-state index in [1.54, 1.807) is 12.2 Å². The van der Waals surface area contributed by atoms with Gasteiger partial charge in [0.15, 0.2) is 5.78 Å². The molecule has 100 valence electrons. The molecule has 1 atom stereocenters. The molecule has 0 aliphatic heterocycles. The van der Waals surface area contributed by atoms with Crippen molar-refractivity contribution in [3.63, 3.8) is 0 Å². The molecule has 0 aromatic carbocycles. The highest BCUT2D eigenvalue weighted by molar-refractivity contribution is 5.90. The molecule has 0 unspecified atom stereocenters. The van der Waals surface area contributed by atoms with Crippen LogP contribution in [-0.4, -0.2) is 16.9 Å². The second-order valence-electron chi connectivity index (χ2n) is 5.46. The molecule has 1 N–H and O–H groups in total. The lowest BCUT2D eigenvalue weighted by molar-refractivity contribution is -0.133. The number of rotatable bonds is 5. The predicted octanol–water partition coefficient (Wildman–Crippen LogP) is 3.36. The summed E-state index contributed by atoms with van der Waals surface area (Å²) < 4.78 is 0. The second-order valence-corrected chi connectivity index (χ2v) is 5.46. The van der Waals surface area contributed by atoms with Crippen molar-refractivity contribution in [1.82, 2.24) is 0 Å². The Hall–Kier alpha value is -1.38. The Bertz CT molecular complexity index is 389. The molecule has 0 fully saturated rings. The van der Waals surface area contributed by atoms with E-state index < -0.39 is 5.97 Å². The molecule has 0 heterocycles. The minimum Gasteiger partial charge on any atom is -0.478 e. The molecule has 0 bridgehead atoms. The fourth-order valence-electron chi connectivity index (χ4n) is 2.28. The van der Waals surface area contributed by atoms with E-state index in [1.165, 1.54) is 0 Å². The van der Waals surface area contributed by atoms with Gasteiger partial charge in [0.1, 0.15) is 0 Å². The predicted molar refractivity (Wildman–Crippen MR) is 71.3 cm³/mol. The molecule has 0 spiro atoms. The van der Waals surface area contributed by atoms with Crippen molar-refractivity contribution in [2.24, 2.45) is 11.8 Å². The van der Waals surface area contributed by atoms with Crippen molar-refractivity contribution in [3.8, 4) is 0 Å². The summed E-state index contributed by atoms with van der Waals surface area (Å²) in [4.78, 5) is 22.5. The molecule has 0 saturated carbocycles. The van der Waals surface area contributed by atoms with Crippen LogP contribution in [-0.2, 0) is 9.59 Å². The molecular weight excluding hydrogens is 228 g/mol. The highest BCUT2D eigenvalue weighted by atomic mass is 16.4. The number of hydrogen-bond donors (Lipinski definition) is 1. The average Bonchev–Trinajstić information content (AvgIpc) is 2.27. The van der Waals surface area contributed by atoms with Gasteiger partial charge in [-0.15, -0.1) is 0 Å². The van der Waals surface area contributed by atoms with Crippen LogP contribution < -0.4 is 0 Å². The quantitative estimate of drug-likeness (QED) is 0.761. The van der Waals surface area contributed by atoms with Crippen LogP contribution in [0.1, 0.15) is 46.5 Å². The summed E-state index contributed by atoms with van der Waals surface area (Å²) in [5.74, 6) is 0.0668. The monoisotopic (exact) mass is 250 g/mol. The molecule has 0 aromatic heterocycles. The van der Waals surface area contributed by atoms with Gasteiger partial charge in [-0.05, 0) is 44.1 Å². The number of carboxylic acid groups (broad SMARTS) is 1. The Labute approximate surface area is 109 Å². The van der Waals surface area contributed by atoms with E-state index in [4.69, 9.17) is 5.11 Å². The Balaban J connectivity index is 2.59. The van der Waals surface area contributed by atoms with Crippen LogP contribution in [0, 0.1) is 11.8 Å². The molecule has 3 heteroatoms. The summed E-state index contributed by atoms with van der Waals surface area (Å²) in [6.07, 6.45) is 6.28. The van der Waals surface area contributed by atoms with Crippen molar-refractivity contribution < 1.29 is 14.7 Å². The van der Waals surface area contributed by atoms with E-state index in [1.807, 2.05) is 20.8 Å². The molecule has 18 heavy (non-hydrogen) atoms. The first-order valence-electron chi connectivity index (χ1n) is 6.53. The summed E-state index contributed by atoms with van der Waals surface area (Å²) in [7, 11) is 0. The Morgan fingerprint density at radius 1 is 1.50 bits per heavy atom. The second kappa shape index (κ2) is 6.53. The zero-order chi connectivity index (χ0) is 13.7. The largest absolute Gasteiger partial charge is 0.478 e. The first-order chi connectivity index (χ1) is 8.40. The van der Waals surface area contributed by atoms with E-state index in [-0.39, 0.29) is 5.78 Å². The van der Waals surface area contributed by atoms with E-state index in [9.17, 15) is 9.59 Å². The maximum atomic E-state index is 11.7. The summed E-state index contributed by atoms with van der Waals surface area (Å²) >= 11 is 0. The summed E-state index contributed by atoms with van der Waals surface area (Å²) in [6.45, 7) is 6.04. The molecule has 3 nitrogen and oxygen atoms in total. The minimum absolute atomic E-state index is 0.176. The number of ketones is 1. The van der Waals surface area contributed by atoms with Crippen molar-refractivity contribution in [1.29, 1.82) is 0 Å². The van der Waals surface area contributed by atoms with Crippen LogP contribution in [0.15, 0.2) is 23.3 Å². The Morgan fingerprint density at radius 3 is 2.61 bits per heavy atom. The Morgan fingerprint density at radius 2 is 2.17 bits per heavy atom. The maximum Gasteiger partial charge on any atom is 0.331 e. The van der Waals surface area contributed by atoms with Gasteiger partial charge < -0.3 is 5.11 Å². The molecule has 1 aliphatic rings. The van der Waals surface area contributed by atoms with Gasteiger partial charge in [0.25, 0.3) is 0 Å². The smallest absolute Gasteiger partial charge is 0.331 e. The molecule has 0 radical (unpaired) electrons. The molecule has 1 aliphatic carbocycles. The Kier molecular flexibility index (Phi) is 5.32. The van der Waals surface area contributed by atoms with Crippen molar-refractivity contribution in [2.75, 3.05) is 0 Å². The first-order valence-corrected chi connectivity index (χ1v) is 6.53. The van der Waals surface area contributed by atoms with Gasteiger partial charge in [-0.25, -0.2) is 4.79 Å². The van der Waals surface area contributed by atoms with Crippen LogP contribution in [0.25, 0.3) is 0 Å². The number of aliphatic carboxylic acids is 1. The molecule has 0 amide bonds. The minimum atomic E-state index is -0.814. The van der Waals surface area contributed by atoms with Crippen molar-refractivity contribution in [3.05, 3.63) is 23.3 Å². The van der Waals surface area contributed by atoms with Crippen molar-refractivity contribution >= 4 is 11.8 Å². The molecular formula is C15H22O3. The van der Waals surface area contributed by atoms with Gasteiger partial charge in [0, 0.05) is 12.0 Å². The van der Waals surface area contributed by atoms with Gasteiger partial charge >= 0.3 is 5.97 Å². The van der Waals surface area contributed by atoms with Crippen LogP contribution in [0.2, 0.25) is 0 Å². The van der Waals surface area contributed by atoms with Crippen LogP contribution >= 0.6 is 0 Å². The van der Waals surface area contributed by atoms with Gasteiger partial charge in [-0.1, -0.05) is 25.5 Å². The lowest BCUT2D eigenvalue weighted by atomic mass is 9.84. The molecule has 0 aromatic rings. The van der Waals surface area contributed by atoms with Gasteiger partial charge in [0.05, 0.1) is 0 Å². The fourth-order valence-corrected chi connectivity index (χ4v) is 2.28. The number of allylic oxidation sites excluding steroid dienone is 3. The third-order valence-corrected chi connectivity index (χ3v) is 3.33. The zero-order valence-electron chi connectivity index (χ0n) is 11.4. The van der Waals surface area contributed by atoms with Crippen LogP contribution in [0.5, 0.6) is 0 Å². The summed E-state index contributed by atoms with van der Waals surface area (Å²) in [5.41, 5.74) is 1.59. The maximum absolute atomic E-state index is 11.7. The first kappa shape index (κ1) is 14.7. The normalized spacial score (nSPS) is 20.8. The zero-order valence-corrected chi connectivity index (χ0v) is 11.4. The van der Waals surface area contributed by atoms with Gasteiger partial charge in [0.2, 0.25) is 0 Å². The molecule has 0 saturated heterocycles. The average molecular weight is 250 g/mol. The van der Waals surface area contributed by atoms with Gasteiger partial charge in [-0.3, -0.25) is 4.79 Å². The number of carboxylic acids is 1. The van der Waals surface area contributed by atoms with Crippen LogP contribution in [0.3, 0.4) is 0 Å². The lowest BCUT2D eigenvalue weighted by Gasteiger charge is -2.21. The van der Waals surface area contributed by atoms with Gasteiger partial charge in [-0.2, -0.15) is 0 Å². The van der Waals surface area contributed by atoms with Crippen LogP contribution in [0.4, 0.5) is 0 Å². The SMILES string of the molecule is CC(=CC(=O)CC(C)C)[C@H]1CC=C(C(=O)O)CC1. The number of hydrogen-bond acceptors (Lipinski definition) is 2. The third kappa shape index (κ3) is 4.47. The standard InChI is InChI=1S/C15H22O3/c1-10(2)8-14(16)9-11(3)12-4-6-13(7-5-12)15(17)18/h6,9-10,12H,4-5,7-8H2,1-3H3,(H,17,18)/t12-/m0/s1. The summed E-state index contributed by atoms with van der Waals surface area (Å²) in [6, 6.07) is 0. The number of carbonyl (C=O) groups excluding carboxylic acids is 1.